The quantitative estimate of drug-likeness (QED) is 0.0715. The molecule has 368 valence electrons. The number of pyridine rings is 1. The summed E-state index contributed by atoms with van der Waals surface area (Å²) in [6.45, 7) is 7.19. The fraction of sp³-hybridized carbons (Fsp3) is 0.469. The van der Waals surface area contributed by atoms with E-state index in [4.69, 9.17) is 9.47 Å². The number of rotatable bonds is 17. The first-order valence-corrected chi connectivity index (χ1v) is 23.2. The maximum absolute atomic E-state index is 15.4. The number of carbonyl (C=O) groups is 7. The lowest BCUT2D eigenvalue weighted by Gasteiger charge is -2.38. The van der Waals surface area contributed by atoms with Gasteiger partial charge in [-0.05, 0) is 99.8 Å². The van der Waals surface area contributed by atoms with Crippen molar-refractivity contribution in [2.45, 2.75) is 122 Å². The summed E-state index contributed by atoms with van der Waals surface area (Å²) >= 11 is 0. The molecule has 20 heteroatoms. The first kappa shape index (κ1) is 49.8. The molecule has 6 amide bonds. The van der Waals surface area contributed by atoms with Crippen molar-refractivity contribution >= 4 is 52.9 Å². The number of cyclic esters (lactones) is 1. The smallest absolute Gasteiger partial charge is 0.408 e. The number of amides is 6. The van der Waals surface area contributed by atoms with E-state index in [0.717, 1.165) is 27.8 Å². The second kappa shape index (κ2) is 20.6. The molecule has 0 bridgehead atoms. The zero-order valence-electron chi connectivity index (χ0n) is 39.3. The lowest BCUT2D eigenvalue weighted by molar-refractivity contribution is -0.172. The summed E-state index contributed by atoms with van der Waals surface area (Å²) in [5.41, 5.74) is 2.78. The van der Waals surface area contributed by atoms with E-state index in [1.807, 2.05) is 0 Å². The zero-order valence-corrected chi connectivity index (χ0v) is 39.3. The van der Waals surface area contributed by atoms with Crippen LogP contribution in [-0.4, -0.2) is 95.1 Å². The van der Waals surface area contributed by atoms with Crippen LogP contribution in [0.2, 0.25) is 0 Å². The van der Waals surface area contributed by atoms with Crippen molar-refractivity contribution in [1.29, 1.82) is 0 Å². The van der Waals surface area contributed by atoms with Crippen LogP contribution >= 0.6 is 0 Å². The van der Waals surface area contributed by atoms with Gasteiger partial charge in [-0.25, -0.2) is 14.0 Å². The fourth-order valence-corrected chi connectivity index (χ4v) is 9.26. The number of unbranched alkanes of at least 4 members (excludes halogenated alkanes) is 1. The van der Waals surface area contributed by atoms with E-state index < -0.39 is 83.7 Å². The number of nitrogens with one attached hydrogen (secondary N) is 7. The van der Waals surface area contributed by atoms with Gasteiger partial charge in [-0.2, -0.15) is 0 Å². The molecule has 4 atom stereocenters. The number of hydrogen-bond acceptors (Lipinski definition) is 12. The van der Waals surface area contributed by atoms with Crippen LogP contribution in [0.3, 0.4) is 0 Å². The second-order valence-corrected chi connectivity index (χ2v) is 18.7. The molecule has 69 heavy (non-hydrogen) atoms. The zero-order chi connectivity index (χ0) is 49.8. The van der Waals surface area contributed by atoms with E-state index >= 15 is 4.39 Å². The predicted octanol–water partition coefficient (Wildman–Crippen LogP) is 2.09. The van der Waals surface area contributed by atoms with Gasteiger partial charge in [0.15, 0.2) is 5.60 Å². The van der Waals surface area contributed by atoms with E-state index in [9.17, 15) is 43.5 Å². The normalized spacial score (nSPS) is 19.0. The Labute approximate surface area is 397 Å². The first-order valence-electron chi connectivity index (χ1n) is 23.2. The molecule has 0 saturated carbocycles. The molecule has 7 rings (SSSR count). The number of hydrogen-bond donors (Lipinski definition) is 8. The minimum absolute atomic E-state index is 0.00545. The Morgan fingerprint density at radius 3 is 2.38 bits per heavy atom. The van der Waals surface area contributed by atoms with E-state index in [0.29, 0.717) is 42.6 Å². The highest BCUT2D eigenvalue weighted by Crippen LogP contribution is 2.51. The summed E-state index contributed by atoms with van der Waals surface area (Å²) in [5.74, 6) is -3.90. The Bertz CT molecular complexity index is 2660. The highest BCUT2D eigenvalue weighted by molar-refractivity contribution is 5.94. The molecule has 3 aromatic rings. The number of halogens is 1. The van der Waals surface area contributed by atoms with Gasteiger partial charge in [0.1, 0.15) is 30.6 Å². The number of nitrogens with zero attached hydrogens (tertiary/aromatic N) is 1. The maximum Gasteiger partial charge on any atom is 0.408 e. The van der Waals surface area contributed by atoms with E-state index in [1.165, 1.54) is 6.07 Å². The van der Waals surface area contributed by atoms with Crippen LogP contribution in [0.5, 0.6) is 0 Å². The predicted molar refractivity (Wildman–Crippen MR) is 249 cm³/mol. The Kier molecular flexibility index (Phi) is 14.9. The second-order valence-electron chi connectivity index (χ2n) is 18.7. The molecule has 3 aliphatic heterocycles. The first-order chi connectivity index (χ1) is 32.8. The van der Waals surface area contributed by atoms with Gasteiger partial charge in [0.2, 0.25) is 29.5 Å². The highest BCUT2D eigenvalue weighted by atomic mass is 19.1. The standard InChI is InChI=1S/C49H59FN8O11/c1-6-49(67)31-19-36-43-29(24-58(36)45(64)30(31)25-68-46(49)65)42-33(16-15-28-26(2)32(50)20-34(57-43)41(28)42)55-37(59)14-10-11-17-51-38(60)21-53-44(63)35(18-27-12-8-7-9-13-27)56-40(62)23-52-39(61)22-54-47(66)69-48(3,4)5/h7-9,12-13,19-20,33,35,43,57,67H,6,10-11,14-18,21-25H2,1-5H3,(H,51,60)(H,52,61)(H,53,63)(H,54,66)(H,55,59)(H,56,62)/t33-,35-,43?,49-/m0/s1. The maximum atomic E-state index is 15.4. The van der Waals surface area contributed by atoms with Gasteiger partial charge < -0.3 is 56.4 Å². The van der Waals surface area contributed by atoms with Crippen LogP contribution in [0.25, 0.3) is 5.57 Å². The fourth-order valence-electron chi connectivity index (χ4n) is 9.26. The molecular formula is C49H59FN8O11. The largest absolute Gasteiger partial charge is 0.458 e. The number of esters is 1. The number of benzene rings is 2. The Hall–Kier alpha value is -7.09. The Morgan fingerprint density at radius 1 is 0.942 bits per heavy atom. The monoisotopic (exact) mass is 954 g/mol. The van der Waals surface area contributed by atoms with Crippen LogP contribution in [-0.2, 0) is 69.8 Å². The number of fused-ring (bicyclic) bond motifs is 4. The molecule has 8 N–H and O–H groups in total. The van der Waals surface area contributed by atoms with Crippen molar-refractivity contribution < 1.29 is 52.5 Å². The number of anilines is 1. The molecule has 1 unspecified atom stereocenters. The lowest BCUT2D eigenvalue weighted by atomic mass is 9.75. The molecule has 19 nitrogen and oxygen atoms in total. The van der Waals surface area contributed by atoms with Gasteiger partial charge in [-0.3, -0.25) is 28.8 Å². The van der Waals surface area contributed by atoms with Crippen LogP contribution in [0.1, 0.15) is 105 Å². The van der Waals surface area contributed by atoms with Gasteiger partial charge in [-0.1, -0.05) is 37.3 Å². The summed E-state index contributed by atoms with van der Waals surface area (Å²) in [5, 5.41) is 30.5. The van der Waals surface area contributed by atoms with Gasteiger partial charge in [0.05, 0.1) is 37.3 Å². The third-order valence-corrected chi connectivity index (χ3v) is 12.7. The molecule has 0 saturated heterocycles. The molecule has 4 aliphatic rings. The minimum Gasteiger partial charge on any atom is -0.458 e. The van der Waals surface area contributed by atoms with Crippen molar-refractivity contribution in [3.8, 4) is 0 Å². The summed E-state index contributed by atoms with van der Waals surface area (Å²) in [6.07, 6.45) is 1.26. The van der Waals surface area contributed by atoms with Gasteiger partial charge in [0.25, 0.3) is 5.56 Å². The van der Waals surface area contributed by atoms with Crippen molar-refractivity contribution in [3.63, 3.8) is 0 Å². The summed E-state index contributed by atoms with van der Waals surface area (Å²) in [4.78, 5) is 103. The number of ether oxygens (including phenoxy) is 2. The number of aliphatic hydroxyl groups is 1. The minimum atomic E-state index is -1.99. The summed E-state index contributed by atoms with van der Waals surface area (Å²) in [6, 6.07) is 9.84. The molecule has 0 spiro atoms. The van der Waals surface area contributed by atoms with Gasteiger partial charge in [0, 0.05) is 41.9 Å². The van der Waals surface area contributed by atoms with E-state index in [2.05, 4.69) is 37.2 Å². The summed E-state index contributed by atoms with van der Waals surface area (Å²) < 4.78 is 27.3. The lowest BCUT2D eigenvalue weighted by Crippen LogP contribution is -2.52. The Balaban J connectivity index is 0.913. The van der Waals surface area contributed by atoms with Crippen molar-refractivity contribution in [3.05, 3.63) is 103 Å². The van der Waals surface area contributed by atoms with Crippen molar-refractivity contribution in [1.82, 2.24) is 36.5 Å². The van der Waals surface area contributed by atoms with Crippen LogP contribution in [0.15, 0.2) is 52.8 Å². The molecule has 1 aliphatic carbocycles. The molecule has 2 aromatic carbocycles. The average molecular weight is 955 g/mol. The van der Waals surface area contributed by atoms with Gasteiger partial charge >= 0.3 is 12.1 Å². The van der Waals surface area contributed by atoms with Crippen LogP contribution in [0.4, 0.5) is 14.9 Å². The molecule has 0 fully saturated rings. The summed E-state index contributed by atoms with van der Waals surface area (Å²) in [7, 11) is 0. The van der Waals surface area contributed by atoms with Crippen molar-refractivity contribution in [2.75, 3.05) is 31.5 Å². The molecule has 1 aromatic heterocycles. The van der Waals surface area contributed by atoms with Gasteiger partial charge in [-0.15, -0.1) is 0 Å². The number of carbonyl (C=O) groups excluding carboxylic acids is 7. The highest BCUT2D eigenvalue weighted by Gasteiger charge is 2.48. The molecule has 0 radical (unpaired) electrons. The van der Waals surface area contributed by atoms with E-state index in [1.54, 1.807) is 75.6 Å². The Morgan fingerprint density at radius 2 is 1.65 bits per heavy atom. The van der Waals surface area contributed by atoms with E-state index in [-0.39, 0.29) is 68.4 Å². The van der Waals surface area contributed by atoms with Crippen LogP contribution in [0, 0.1) is 12.7 Å². The number of aromatic nitrogens is 1. The SMILES string of the molecule is CC[C@@]1(O)C(=O)OCc2c1cc1n(c2=O)CC2=C3c4c(cc(F)c(C)c4CC[C@@H]3NC(=O)CCCCNC(=O)CNC(=O)[C@H](Cc3ccccc3)NC(=O)CNC(=O)CNC(=O)OC(C)(C)C)NC21. The average Bonchev–Trinajstić information content (AvgIpc) is 3.68. The molecule has 4 heterocycles. The third-order valence-electron chi connectivity index (χ3n) is 12.7. The molecular weight excluding hydrogens is 896 g/mol. The third kappa shape index (κ3) is 11.1. The number of alkyl carbamates (subject to hydrolysis) is 1. The van der Waals surface area contributed by atoms with Crippen LogP contribution < -0.4 is 42.8 Å². The topological polar surface area (TPSA) is 264 Å². The van der Waals surface area contributed by atoms with Crippen molar-refractivity contribution in [2.24, 2.45) is 0 Å².